The minimum atomic E-state index is -0.413. The molecule has 2 aromatic heterocycles. The van der Waals surface area contributed by atoms with Gasteiger partial charge in [0.1, 0.15) is 23.0 Å². The zero-order valence-corrected chi connectivity index (χ0v) is 19.1. The van der Waals surface area contributed by atoms with E-state index in [1.54, 1.807) is 17.7 Å². The molecule has 1 fully saturated rings. The van der Waals surface area contributed by atoms with E-state index in [9.17, 15) is 4.79 Å². The summed E-state index contributed by atoms with van der Waals surface area (Å²) in [5.74, 6) is 0.653. The lowest BCUT2D eigenvalue weighted by Crippen LogP contribution is -2.38. The van der Waals surface area contributed by atoms with Gasteiger partial charge < -0.3 is 15.4 Å². The van der Waals surface area contributed by atoms with E-state index in [1.165, 1.54) is 10.4 Å². The van der Waals surface area contributed by atoms with Crippen LogP contribution in [-0.4, -0.2) is 53.1 Å². The van der Waals surface area contributed by atoms with Gasteiger partial charge in [-0.25, -0.2) is 9.97 Å². The van der Waals surface area contributed by atoms with Crippen molar-refractivity contribution in [2.75, 3.05) is 31.6 Å². The standard InChI is InChI=1S/C23H29N5O2S/c1-15-17(3)31-23-20(15)21(25-14-26-23)27-16(2)22(29)24-12-18-6-4-5-7-19(18)13-28-8-10-30-11-9-28/h4-7,14,16H,8-13H2,1-3H3,(H,24,29)(H,25,26,27)/t16-/m0/s1. The summed E-state index contributed by atoms with van der Waals surface area (Å²) in [5, 5.41) is 7.36. The molecule has 0 bridgehead atoms. The van der Waals surface area contributed by atoms with E-state index in [2.05, 4.69) is 57.5 Å². The first-order chi connectivity index (χ1) is 15.0. The zero-order chi connectivity index (χ0) is 21.8. The Morgan fingerprint density at radius 1 is 1.19 bits per heavy atom. The van der Waals surface area contributed by atoms with Crippen molar-refractivity contribution in [1.82, 2.24) is 20.2 Å². The van der Waals surface area contributed by atoms with Gasteiger partial charge in [-0.3, -0.25) is 9.69 Å². The first-order valence-corrected chi connectivity index (χ1v) is 11.5. The van der Waals surface area contributed by atoms with Crippen LogP contribution in [0.3, 0.4) is 0 Å². The Morgan fingerprint density at radius 3 is 2.71 bits per heavy atom. The van der Waals surface area contributed by atoms with Crippen LogP contribution in [0, 0.1) is 13.8 Å². The van der Waals surface area contributed by atoms with Gasteiger partial charge in [-0.15, -0.1) is 11.3 Å². The van der Waals surface area contributed by atoms with Crippen LogP contribution in [0.5, 0.6) is 0 Å². The molecule has 0 unspecified atom stereocenters. The highest BCUT2D eigenvalue weighted by Crippen LogP contribution is 2.32. The fourth-order valence-electron chi connectivity index (χ4n) is 3.78. The van der Waals surface area contributed by atoms with Crippen molar-refractivity contribution < 1.29 is 9.53 Å². The second-order valence-electron chi connectivity index (χ2n) is 7.93. The third-order valence-electron chi connectivity index (χ3n) is 5.78. The van der Waals surface area contributed by atoms with Crippen LogP contribution in [0.25, 0.3) is 10.2 Å². The molecule has 2 N–H and O–H groups in total. The molecule has 3 heterocycles. The Labute approximate surface area is 186 Å². The van der Waals surface area contributed by atoms with Crippen molar-refractivity contribution in [2.45, 2.75) is 39.9 Å². The third-order valence-corrected chi connectivity index (χ3v) is 6.90. The van der Waals surface area contributed by atoms with Crippen LogP contribution in [-0.2, 0) is 22.6 Å². The number of morpholine rings is 1. The van der Waals surface area contributed by atoms with Gasteiger partial charge in [-0.05, 0) is 37.5 Å². The normalized spacial score (nSPS) is 15.7. The quantitative estimate of drug-likeness (QED) is 0.588. The molecule has 3 aromatic rings. The summed E-state index contributed by atoms with van der Waals surface area (Å²) in [7, 11) is 0. The molecule has 1 aliphatic heterocycles. The van der Waals surface area contributed by atoms with E-state index in [0.717, 1.165) is 54.2 Å². The SMILES string of the molecule is Cc1sc2ncnc(N[C@@H](C)C(=O)NCc3ccccc3CN3CCOCC3)c2c1C. The molecule has 0 saturated carbocycles. The highest BCUT2D eigenvalue weighted by molar-refractivity contribution is 7.18. The lowest BCUT2D eigenvalue weighted by Gasteiger charge is -2.27. The molecule has 1 aromatic carbocycles. The van der Waals surface area contributed by atoms with Crippen molar-refractivity contribution >= 4 is 33.3 Å². The number of nitrogens with zero attached hydrogens (tertiary/aromatic N) is 3. The number of nitrogens with one attached hydrogen (secondary N) is 2. The van der Waals surface area contributed by atoms with E-state index >= 15 is 0 Å². The lowest BCUT2D eigenvalue weighted by atomic mass is 10.1. The molecule has 4 rings (SSSR count). The molecule has 164 valence electrons. The number of anilines is 1. The topological polar surface area (TPSA) is 79.4 Å². The van der Waals surface area contributed by atoms with E-state index in [1.807, 2.05) is 13.0 Å². The number of carbonyl (C=O) groups excluding carboxylic acids is 1. The molecule has 0 spiro atoms. The number of aryl methyl sites for hydroxylation is 2. The first kappa shape index (κ1) is 21.7. The van der Waals surface area contributed by atoms with E-state index < -0.39 is 6.04 Å². The summed E-state index contributed by atoms with van der Waals surface area (Å²) in [6.45, 7) is 10.8. The Bertz CT molecular complexity index is 1060. The molecule has 8 heteroatoms. The average molecular weight is 440 g/mol. The van der Waals surface area contributed by atoms with Crippen LogP contribution in [0.1, 0.15) is 28.5 Å². The minimum Gasteiger partial charge on any atom is -0.379 e. The van der Waals surface area contributed by atoms with Crippen molar-refractivity contribution in [3.63, 3.8) is 0 Å². The molecule has 7 nitrogen and oxygen atoms in total. The smallest absolute Gasteiger partial charge is 0.242 e. The minimum absolute atomic E-state index is 0.0578. The van der Waals surface area contributed by atoms with Gasteiger partial charge in [-0.1, -0.05) is 24.3 Å². The maximum absolute atomic E-state index is 12.8. The second-order valence-corrected chi connectivity index (χ2v) is 9.13. The number of benzene rings is 1. The van der Waals surface area contributed by atoms with Gasteiger partial charge in [0.25, 0.3) is 0 Å². The number of carbonyl (C=O) groups is 1. The molecular weight excluding hydrogens is 410 g/mol. The maximum atomic E-state index is 12.8. The van der Waals surface area contributed by atoms with Crippen LogP contribution in [0.2, 0.25) is 0 Å². The number of fused-ring (bicyclic) bond motifs is 1. The Balaban J connectivity index is 1.39. The van der Waals surface area contributed by atoms with Crippen molar-refractivity contribution in [1.29, 1.82) is 0 Å². The van der Waals surface area contributed by atoms with Crippen LogP contribution < -0.4 is 10.6 Å². The molecule has 31 heavy (non-hydrogen) atoms. The van der Waals surface area contributed by atoms with Gasteiger partial charge in [0.05, 0.1) is 18.6 Å². The van der Waals surface area contributed by atoms with Gasteiger partial charge in [0.2, 0.25) is 5.91 Å². The van der Waals surface area contributed by atoms with Gasteiger partial charge in [0, 0.05) is 31.1 Å². The molecule has 1 atom stereocenters. The third kappa shape index (κ3) is 5.03. The lowest BCUT2D eigenvalue weighted by molar-refractivity contribution is -0.121. The van der Waals surface area contributed by atoms with Crippen LogP contribution in [0.4, 0.5) is 5.82 Å². The van der Waals surface area contributed by atoms with Crippen molar-refractivity contribution in [3.05, 3.63) is 52.2 Å². The highest BCUT2D eigenvalue weighted by atomic mass is 32.1. The number of hydrogen-bond donors (Lipinski definition) is 2. The Morgan fingerprint density at radius 2 is 1.94 bits per heavy atom. The maximum Gasteiger partial charge on any atom is 0.242 e. The molecule has 1 amide bonds. The number of thiophene rings is 1. The molecule has 1 saturated heterocycles. The van der Waals surface area contributed by atoms with E-state index in [0.29, 0.717) is 12.4 Å². The average Bonchev–Trinajstić information content (AvgIpc) is 3.08. The summed E-state index contributed by atoms with van der Waals surface area (Å²) >= 11 is 1.65. The summed E-state index contributed by atoms with van der Waals surface area (Å²) in [6.07, 6.45) is 1.55. The number of amides is 1. The monoisotopic (exact) mass is 439 g/mol. The molecule has 0 radical (unpaired) electrons. The Kier molecular flexibility index (Phi) is 6.80. The van der Waals surface area contributed by atoms with E-state index in [4.69, 9.17) is 4.74 Å². The molecule has 0 aliphatic carbocycles. The number of ether oxygens (including phenoxy) is 1. The predicted octanol–water partition coefficient (Wildman–Crippen LogP) is 3.26. The van der Waals surface area contributed by atoms with Crippen LogP contribution >= 0.6 is 11.3 Å². The zero-order valence-electron chi connectivity index (χ0n) is 18.3. The van der Waals surface area contributed by atoms with Gasteiger partial charge in [-0.2, -0.15) is 0 Å². The summed E-state index contributed by atoms with van der Waals surface area (Å²) in [4.78, 5) is 26.1. The molecular formula is C23H29N5O2S. The largest absolute Gasteiger partial charge is 0.379 e. The fraction of sp³-hybridized carbons (Fsp3) is 0.435. The fourth-order valence-corrected chi connectivity index (χ4v) is 4.78. The number of aromatic nitrogens is 2. The van der Waals surface area contributed by atoms with Crippen LogP contribution in [0.15, 0.2) is 30.6 Å². The summed E-state index contributed by atoms with van der Waals surface area (Å²) in [6, 6.07) is 7.88. The Hall–Kier alpha value is -2.55. The van der Waals surface area contributed by atoms with Gasteiger partial charge >= 0.3 is 0 Å². The van der Waals surface area contributed by atoms with E-state index in [-0.39, 0.29) is 5.91 Å². The highest BCUT2D eigenvalue weighted by Gasteiger charge is 2.18. The van der Waals surface area contributed by atoms with Crippen molar-refractivity contribution in [3.8, 4) is 0 Å². The van der Waals surface area contributed by atoms with Crippen molar-refractivity contribution in [2.24, 2.45) is 0 Å². The summed E-state index contributed by atoms with van der Waals surface area (Å²) in [5.41, 5.74) is 3.54. The predicted molar refractivity (Wildman–Crippen MR) is 124 cm³/mol. The first-order valence-electron chi connectivity index (χ1n) is 10.6. The van der Waals surface area contributed by atoms with Gasteiger partial charge in [0.15, 0.2) is 0 Å². The second kappa shape index (κ2) is 9.72. The number of hydrogen-bond acceptors (Lipinski definition) is 7. The molecule has 1 aliphatic rings. The summed E-state index contributed by atoms with van der Waals surface area (Å²) < 4.78 is 5.44. The number of rotatable bonds is 7.